The van der Waals surface area contributed by atoms with Crippen LogP contribution in [0, 0.1) is 17.8 Å². The Hall–Kier alpha value is -0.120. The van der Waals surface area contributed by atoms with Crippen molar-refractivity contribution in [1.29, 1.82) is 0 Å². The summed E-state index contributed by atoms with van der Waals surface area (Å²) in [6.07, 6.45) is 8.65. The Bertz CT molecular complexity index is 329. The van der Waals surface area contributed by atoms with E-state index < -0.39 is 0 Å². The number of likely N-dealkylation sites (N-methyl/N-ethyl adjacent to an activating group) is 1. The molecule has 0 amide bonds. The maximum absolute atomic E-state index is 6.13. The topological polar surface area (TPSA) is 15.7 Å². The first-order chi connectivity index (χ1) is 11.5. The third kappa shape index (κ3) is 6.65. The van der Waals surface area contributed by atoms with Gasteiger partial charge in [0, 0.05) is 19.1 Å². The van der Waals surface area contributed by atoms with Gasteiger partial charge in [-0.05, 0) is 90.3 Å². The molecule has 1 saturated carbocycles. The van der Waals surface area contributed by atoms with Crippen molar-refractivity contribution in [3.8, 4) is 0 Å². The van der Waals surface area contributed by atoms with E-state index in [1.54, 1.807) is 0 Å². The van der Waals surface area contributed by atoms with Crippen LogP contribution in [0.15, 0.2) is 0 Å². The van der Waals surface area contributed by atoms with Gasteiger partial charge < -0.3 is 14.5 Å². The maximum Gasteiger partial charge on any atom is 0.0597 e. The minimum atomic E-state index is 0.522. The molecule has 0 aromatic rings. The highest BCUT2D eigenvalue weighted by Crippen LogP contribution is 2.29. The van der Waals surface area contributed by atoms with Gasteiger partial charge in [-0.25, -0.2) is 0 Å². The number of ether oxygens (including phenoxy) is 1. The molecule has 0 unspecified atom stereocenters. The largest absolute Gasteiger partial charge is 0.377 e. The Labute approximate surface area is 151 Å². The molecule has 0 spiro atoms. The van der Waals surface area contributed by atoms with E-state index in [0.717, 1.165) is 30.9 Å². The molecule has 1 saturated heterocycles. The Balaban J connectivity index is 1.56. The molecular formula is C21H42N2O. The molecule has 24 heavy (non-hydrogen) atoms. The molecule has 2 rings (SSSR count). The molecule has 2 fully saturated rings. The molecule has 0 bridgehead atoms. The summed E-state index contributed by atoms with van der Waals surface area (Å²) in [5.74, 6) is 2.75. The fourth-order valence-corrected chi connectivity index (χ4v) is 4.27. The molecule has 1 heterocycles. The lowest BCUT2D eigenvalue weighted by Gasteiger charge is -2.37. The summed E-state index contributed by atoms with van der Waals surface area (Å²) in [5, 5.41) is 0. The van der Waals surface area contributed by atoms with Crippen LogP contribution in [0.1, 0.15) is 66.2 Å². The molecular weight excluding hydrogens is 296 g/mol. The third-order valence-corrected chi connectivity index (χ3v) is 6.56. The van der Waals surface area contributed by atoms with Crippen LogP contribution in [0.4, 0.5) is 0 Å². The first-order valence-electron chi connectivity index (χ1n) is 10.5. The highest BCUT2D eigenvalue weighted by molar-refractivity contribution is 4.79. The lowest BCUT2D eigenvalue weighted by atomic mass is 9.84. The van der Waals surface area contributed by atoms with E-state index in [9.17, 15) is 0 Å². The molecule has 0 radical (unpaired) electrons. The van der Waals surface area contributed by atoms with Gasteiger partial charge >= 0.3 is 0 Å². The van der Waals surface area contributed by atoms with Gasteiger partial charge in [0.25, 0.3) is 0 Å². The Morgan fingerprint density at radius 3 is 2.12 bits per heavy atom. The minimum absolute atomic E-state index is 0.522. The first-order valence-corrected chi connectivity index (χ1v) is 10.5. The summed E-state index contributed by atoms with van der Waals surface area (Å²) in [6, 6.07) is 0.615. The van der Waals surface area contributed by atoms with Gasteiger partial charge in [0.05, 0.1) is 12.7 Å². The number of likely N-dealkylation sites (tertiary alicyclic amines) is 1. The molecule has 0 atom stereocenters. The van der Waals surface area contributed by atoms with Gasteiger partial charge in [-0.3, -0.25) is 0 Å². The Morgan fingerprint density at radius 2 is 1.58 bits per heavy atom. The number of hydrogen-bond acceptors (Lipinski definition) is 3. The smallest absolute Gasteiger partial charge is 0.0597 e. The van der Waals surface area contributed by atoms with Crippen molar-refractivity contribution in [3.05, 3.63) is 0 Å². The lowest BCUT2D eigenvalue weighted by Crippen LogP contribution is -2.39. The number of piperidine rings is 1. The summed E-state index contributed by atoms with van der Waals surface area (Å²) in [6.45, 7) is 15.2. The van der Waals surface area contributed by atoms with Gasteiger partial charge in [0.1, 0.15) is 0 Å². The zero-order chi connectivity index (χ0) is 17.5. The van der Waals surface area contributed by atoms with E-state index >= 15 is 0 Å². The van der Waals surface area contributed by atoms with E-state index in [4.69, 9.17) is 4.74 Å². The van der Waals surface area contributed by atoms with Crippen molar-refractivity contribution in [2.45, 2.75) is 78.4 Å². The van der Waals surface area contributed by atoms with Crippen molar-refractivity contribution >= 4 is 0 Å². The summed E-state index contributed by atoms with van der Waals surface area (Å²) < 4.78 is 6.13. The number of rotatable bonds is 8. The fraction of sp³-hybridized carbons (Fsp3) is 1.00. The summed E-state index contributed by atoms with van der Waals surface area (Å²) in [7, 11) is 2.19. The lowest BCUT2D eigenvalue weighted by molar-refractivity contribution is 0.00229. The first kappa shape index (κ1) is 20.2. The highest BCUT2D eigenvalue weighted by atomic mass is 16.5. The monoisotopic (exact) mass is 338 g/mol. The van der Waals surface area contributed by atoms with Gasteiger partial charge in [-0.15, -0.1) is 0 Å². The van der Waals surface area contributed by atoms with Crippen LogP contribution in [0.2, 0.25) is 0 Å². The van der Waals surface area contributed by atoms with Crippen LogP contribution in [-0.2, 0) is 4.74 Å². The number of hydrogen-bond donors (Lipinski definition) is 0. The van der Waals surface area contributed by atoms with Crippen molar-refractivity contribution < 1.29 is 4.74 Å². The van der Waals surface area contributed by atoms with Crippen molar-refractivity contribution in [2.75, 3.05) is 39.8 Å². The second-order valence-electron chi connectivity index (χ2n) is 8.97. The average molecular weight is 339 g/mol. The molecule has 0 N–H and O–H groups in total. The third-order valence-electron chi connectivity index (χ3n) is 6.56. The predicted molar refractivity (Wildman–Crippen MR) is 103 cm³/mol. The predicted octanol–water partition coefficient (Wildman–Crippen LogP) is 4.27. The van der Waals surface area contributed by atoms with Gasteiger partial charge in [-0.1, -0.05) is 13.8 Å². The Kier molecular flexibility index (Phi) is 8.53. The normalized spacial score (nSPS) is 27.5. The van der Waals surface area contributed by atoms with E-state index in [-0.39, 0.29) is 0 Å². The van der Waals surface area contributed by atoms with Gasteiger partial charge in [0.2, 0.25) is 0 Å². The minimum Gasteiger partial charge on any atom is -0.377 e. The molecule has 1 aliphatic heterocycles. The summed E-state index contributed by atoms with van der Waals surface area (Å²) >= 11 is 0. The number of nitrogens with zero attached hydrogens (tertiary/aromatic N) is 2. The van der Waals surface area contributed by atoms with E-state index in [1.165, 1.54) is 58.2 Å². The van der Waals surface area contributed by atoms with Crippen molar-refractivity contribution in [2.24, 2.45) is 17.8 Å². The van der Waals surface area contributed by atoms with Crippen LogP contribution >= 0.6 is 0 Å². The van der Waals surface area contributed by atoms with Crippen molar-refractivity contribution in [1.82, 2.24) is 9.80 Å². The van der Waals surface area contributed by atoms with Crippen LogP contribution in [-0.4, -0.2) is 61.8 Å². The van der Waals surface area contributed by atoms with E-state index in [2.05, 4.69) is 44.5 Å². The van der Waals surface area contributed by atoms with Crippen LogP contribution in [0.3, 0.4) is 0 Å². The Morgan fingerprint density at radius 1 is 0.958 bits per heavy atom. The molecule has 0 aromatic heterocycles. The zero-order valence-corrected chi connectivity index (χ0v) is 17.0. The summed E-state index contributed by atoms with van der Waals surface area (Å²) in [5.41, 5.74) is 0. The van der Waals surface area contributed by atoms with E-state index in [0.29, 0.717) is 12.1 Å². The zero-order valence-electron chi connectivity index (χ0n) is 17.0. The van der Waals surface area contributed by atoms with Gasteiger partial charge in [-0.2, -0.15) is 0 Å². The average Bonchev–Trinajstić information content (AvgIpc) is 2.56. The van der Waals surface area contributed by atoms with Crippen LogP contribution < -0.4 is 0 Å². The second kappa shape index (κ2) is 10.1. The summed E-state index contributed by atoms with van der Waals surface area (Å²) in [4.78, 5) is 5.11. The van der Waals surface area contributed by atoms with Gasteiger partial charge in [0.15, 0.2) is 0 Å². The molecule has 3 nitrogen and oxygen atoms in total. The van der Waals surface area contributed by atoms with Crippen LogP contribution in [0.5, 0.6) is 0 Å². The highest BCUT2D eigenvalue weighted by Gasteiger charge is 2.26. The molecule has 3 heteroatoms. The fourth-order valence-electron chi connectivity index (χ4n) is 4.27. The van der Waals surface area contributed by atoms with Crippen molar-refractivity contribution in [3.63, 3.8) is 0 Å². The maximum atomic E-state index is 6.13. The molecule has 2 aliphatic rings. The molecule has 0 aromatic carbocycles. The quantitative estimate of drug-likeness (QED) is 0.657. The van der Waals surface area contributed by atoms with E-state index in [1.807, 2.05) is 0 Å². The van der Waals surface area contributed by atoms with Crippen LogP contribution in [0.25, 0.3) is 0 Å². The second-order valence-corrected chi connectivity index (χ2v) is 8.97. The molecule has 142 valence electrons. The standard InChI is InChI=1S/C21H42N2O/c1-17(2)20-10-12-23(13-11-20)16-19-6-8-21(9-7-19)24-15-14-22(5)18(3)4/h17-21H,6-16H2,1-5H3/t19-,21-. The molecule has 1 aliphatic carbocycles. The SMILES string of the molecule is CC(C)C1CCN(C[C@H]2CC[C@H](OCCN(C)C(C)C)CC2)CC1.